The summed E-state index contributed by atoms with van der Waals surface area (Å²) < 4.78 is 4.92. The Morgan fingerprint density at radius 3 is 2.36 bits per heavy atom. The van der Waals surface area contributed by atoms with E-state index >= 15 is 0 Å². The third kappa shape index (κ3) is 6.86. The van der Waals surface area contributed by atoms with Crippen molar-refractivity contribution in [3.8, 4) is 0 Å². The molecule has 0 aliphatic carbocycles. The number of ether oxygens (including phenoxy) is 1. The minimum atomic E-state index is -0.457. The molecule has 2 atom stereocenters. The summed E-state index contributed by atoms with van der Waals surface area (Å²) in [5.41, 5.74) is 5.11. The van der Waals surface area contributed by atoms with Gasteiger partial charge in [0, 0.05) is 7.11 Å². The highest BCUT2D eigenvalue weighted by molar-refractivity contribution is 5.78. The van der Waals surface area contributed by atoms with Crippen molar-refractivity contribution in [1.29, 1.82) is 0 Å². The Balaban J connectivity index is 3.38. The molecule has 0 aliphatic rings. The third-order valence-corrected chi connectivity index (χ3v) is 2.19. The van der Waals surface area contributed by atoms with Crippen LogP contribution in [0.2, 0.25) is 0 Å². The number of amides is 1. The minimum absolute atomic E-state index is 0.232. The average molecular weight is 203 g/mol. The second-order valence-electron chi connectivity index (χ2n) is 3.61. The Hall–Kier alpha value is -0.610. The molecule has 4 nitrogen and oxygen atoms in total. The number of unbranched alkanes of at least 4 members (excludes halogenated alkanes) is 2. The highest BCUT2D eigenvalue weighted by Crippen LogP contribution is 2.08. The molecule has 84 valence electrons. The van der Waals surface area contributed by atoms with Gasteiger partial charge in [0.1, 0.15) is 6.10 Å². The fourth-order valence-electron chi connectivity index (χ4n) is 1.32. The van der Waals surface area contributed by atoms with Crippen LogP contribution in [0.1, 0.15) is 39.0 Å². The molecule has 1 amide bonds. The monoisotopic (exact) mass is 203 g/mol. The Morgan fingerprint density at radius 2 is 1.93 bits per heavy atom. The lowest BCUT2D eigenvalue weighted by Crippen LogP contribution is -2.30. The summed E-state index contributed by atoms with van der Waals surface area (Å²) in [4.78, 5) is 10.8. The number of hydrogen-bond acceptors (Lipinski definition) is 3. The molecule has 2 unspecified atom stereocenters. The first kappa shape index (κ1) is 13.4. The first-order valence-corrected chi connectivity index (χ1v) is 5.08. The summed E-state index contributed by atoms with van der Waals surface area (Å²) in [6.07, 6.45) is 3.68. The van der Waals surface area contributed by atoms with Gasteiger partial charge in [-0.3, -0.25) is 4.79 Å². The maximum atomic E-state index is 10.8. The van der Waals surface area contributed by atoms with Gasteiger partial charge in [0.25, 0.3) is 0 Å². The zero-order valence-electron chi connectivity index (χ0n) is 9.03. The van der Waals surface area contributed by atoms with Gasteiger partial charge in [0.05, 0.1) is 6.10 Å². The molecule has 0 heterocycles. The Morgan fingerprint density at radius 1 is 1.36 bits per heavy atom. The van der Waals surface area contributed by atoms with Crippen molar-refractivity contribution >= 4 is 5.91 Å². The fourth-order valence-corrected chi connectivity index (χ4v) is 1.32. The Labute approximate surface area is 85.4 Å². The van der Waals surface area contributed by atoms with Crippen LogP contribution in [-0.4, -0.2) is 30.3 Å². The van der Waals surface area contributed by atoms with E-state index in [0.717, 1.165) is 25.7 Å². The molecular formula is C10H21NO3. The number of aliphatic hydroxyl groups excluding tert-OH is 1. The van der Waals surface area contributed by atoms with Crippen molar-refractivity contribution in [2.75, 3.05) is 7.11 Å². The Kier molecular flexibility index (Phi) is 7.42. The van der Waals surface area contributed by atoms with E-state index in [2.05, 4.69) is 0 Å². The zero-order chi connectivity index (χ0) is 11.0. The van der Waals surface area contributed by atoms with Crippen LogP contribution in [0, 0.1) is 0 Å². The predicted molar refractivity (Wildman–Crippen MR) is 54.8 cm³/mol. The van der Waals surface area contributed by atoms with Crippen molar-refractivity contribution in [1.82, 2.24) is 0 Å². The number of aliphatic hydroxyl groups is 1. The van der Waals surface area contributed by atoms with Crippen LogP contribution in [-0.2, 0) is 9.53 Å². The molecule has 4 heteroatoms. The molecule has 3 N–H and O–H groups in total. The summed E-state index contributed by atoms with van der Waals surface area (Å²) in [5, 5.41) is 9.00. The molecule has 0 aromatic rings. The molecule has 0 aromatic carbocycles. The first-order chi connectivity index (χ1) is 6.57. The van der Waals surface area contributed by atoms with Crippen LogP contribution < -0.4 is 5.73 Å². The topological polar surface area (TPSA) is 72.6 Å². The van der Waals surface area contributed by atoms with Crippen LogP contribution >= 0.6 is 0 Å². The van der Waals surface area contributed by atoms with Crippen LogP contribution in [0.5, 0.6) is 0 Å². The van der Waals surface area contributed by atoms with Gasteiger partial charge in [-0.25, -0.2) is 0 Å². The normalized spacial score (nSPS) is 15.1. The number of carbonyl (C=O) groups excluding carboxylic acids is 1. The summed E-state index contributed by atoms with van der Waals surface area (Å²) in [6.45, 7) is 1.78. The van der Waals surface area contributed by atoms with Gasteiger partial charge in [0.2, 0.25) is 5.91 Å². The average Bonchev–Trinajstić information content (AvgIpc) is 2.10. The smallest absolute Gasteiger partial charge is 0.246 e. The number of rotatable bonds is 8. The quantitative estimate of drug-likeness (QED) is 0.574. The third-order valence-electron chi connectivity index (χ3n) is 2.19. The van der Waals surface area contributed by atoms with Gasteiger partial charge in [-0.05, 0) is 19.8 Å². The molecule has 0 spiro atoms. The van der Waals surface area contributed by atoms with Crippen molar-refractivity contribution in [3.05, 3.63) is 0 Å². The van der Waals surface area contributed by atoms with Gasteiger partial charge in [-0.15, -0.1) is 0 Å². The van der Waals surface area contributed by atoms with Gasteiger partial charge in [0.15, 0.2) is 0 Å². The van der Waals surface area contributed by atoms with E-state index in [1.807, 2.05) is 0 Å². The van der Waals surface area contributed by atoms with E-state index in [4.69, 9.17) is 15.6 Å². The number of carbonyl (C=O) groups is 1. The van der Waals surface area contributed by atoms with Crippen molar-refractivity contribution in [2.24, 2.45) is 5.73 Å². The molecular weight excluding hydrogens is 182 g/mol. The van der Waals surface area contributed by atoms with Crippen LogP contribution in [0.15, 0.2) is 0 Å². The fraction of sp³-hybridized carbons (Fsp3) is 0.900. The number of methoxy groups -OCH3 is 1. The molecule has 0 saturated heterocycles. The lowest BCUT2D eigenvalue weighted by atomic mass is 10.1. The van der Waals surface area contributed by atoms with Crippen molar-refractivity contribution in [2.45, 2.75) is 51.2 Å². The van der Waals surface area contributed by atoms with Gasteiger partial charge < -0.3 is 15.6 Å². The molecule has 0 saturated carbocycles. The molecule has 0 fully saturated rings. The SMILES string of the molecule is COC(CCCCCC(C)O)C(N)=O. The highest BCUT2D eigenvalue weighted by Gasteiger charge is 2.12. The lowest BCUT2D eigenvalue weighted by molar-refractivity contribution is -0.128. The summed E-state index contributed by atoms with van der Waals surface area (Å²) in [5.74, 6) is -0.400. The highest BCUT2D eigenvalue weighted by atomic mass is 16.5. The van der Waals surface area contributed by atoms with Crippen LogP contribution in [0.3, 0.4) is 0 Å². The van der Waals surface area contributed by atoms with Gasteiger partial charge >= 0.3 is 0 Å². The summed E-state index contributed by atoms with van der Waals surface area (Å²) in [6, 6.07) is 0. The zero-order valence-corrected chi connectivity index (χ0v) is 9.03. The van der Waals surface area contributed by atoms with Gasteiger partial charge in [-0.2, -0.15) is 0 Å². The van der Waals surface area contributed by atoms with Crippen molar-refractivity contribution < 1.29 is 14.6 Å². The first-order valence-electron chi connectivity index (χ1n) is 5.08. The maximum absolute atomic E-state index is 10.8. The minimum Gasteiger partial charge on any atom is -0.393 e. The molecule has 0 rings (SSSR count). The molecule has 0 radical (unpaired) electrons. The maximum Gasteiger partial charge on any atom is 0.246 e. The predicted octanol–water partition coefficient (Wildman–Crippen LogP) is 0.818. The van der Waals surface area contributed by atoms with Crippen LogP contribution in [0.25, 0.3) is 0 Å². The van der Waals surface area contributed by atoms with E-state index < -0.39 is 12.0 Å². The van der Waals surface area contributed by atoms with Crippen LogP contribution in [0.4, 0.5) is 0 Å². The van der Waals surface area contributed by atoms with E-state index in [1.54, 1.807) is 6.92 Å². The van der Waals surface area contributed by atoms with Crippen molar-refractivity contribution in [3.63, 3.8) is 0 Å². The number of hydrogen-bond donors (Lipinski definition) is 2. The Bertz CT molecular complexity index is 159. The molecule has 14 heavy (non-hydrogen) atoms. The largest absolute Gasteiger partial charge is 0.393 e. The lowest BCUT2D eigenvalue weighted by Gasteiger charge is -2.10. The molecule has 0 aliphatic heterocycles. The summed E-state index contributed by atoms with van der Waals surface area (Å²) in [7, 11) is 1.49. The molecule has 0 aromatic heterocycles. The second-order valence-corrected chi connectivity index (χ2v) is 3.61. The van der Waals surface area contributed by atoms with E-state index in [-0.39, 0.29) is 6.10 Å². The van der Waals surface area contributed by atoms with E-state index in [1.165, 1.54) is 7.11 Å². The van der Waals surface area contributed by atoms with Gasteiger partial charge in [-0.1, -0.05) is 19.3 Å². The number of nitrogens with two attached hydrogens (primary N) is 1. The summed E-state index contributed by atoms with van der Waals surface area (Å²) >= 11 is 0. The number of primary amides is 1. The molecule has 0 bridgehead atoms. The van der Waals surface area contributed by atoms with E-state index in [0.29, 0.717) is 6.42 Å². The second kappa shape index (κ2) is 7.76. The van der Waals surface area contributed by atoms with E-state index in [9.17, 15) is 4.79 Å². The standard InChI is InChI=1S/C10H21NO3/c1-8(12)6-4-3-5-7-9(14-2)10(11)13/h8-9,12H,3-7H2,1-2H3,(H2,11,13).